The number of rotatable bonds is 10. The van der Waals surface area contributed by atoms with Gasteiger partial charge in [0.25, 0.3) is 0 Å². The summed E-state index contributed by atoms with van der Waals surface area (Å²) in [5, 5.41) is 3.05. The van der Waals surface area contributed by atoms with Gasteiger partial charge in [-0.3, -0.25) is 9.59 Å². The molecule has 0 radical (unpaired) electrons. The standard InChI is InChI=1S/C34H34N2O7/c1-39-25-14-10-22(11-15-25)32-28(34(38)35-23-12-16-27(17-13-23)43-26-8-6-5-7-9-26)18-19-31(37)36(32)24-20-29(40-2)33(42-4)30(21-24)41-3/h5-17,20-21,28,32H,18-19H2,1-4H3,(H,35,38)/t28-,32-/m0/s1. The van der Waals surface area contributed by atoms with Crippen LogP contribution in [0.25, 0.3) is 0 Å². The number of methoxy groups -OCH3 is 4. The van der Waals surface area contributed by atoms with Crippen molar-refractivity contribution in [2.75, 3.05) is 38.7 Å². The summed E-state index contributed by atoms with van der Waals surface area (Å²) in [4.78, 5) is 29.2. The molecule has 4 aromatic carbocycles. The number of anilines is 2. The lowest BCUT2D eigenvalue weighted by Gasteiger charge is -2.41. The number of nitrogens with one attached hydrogen (secondary N) is 1. The minimum Gasteiger partial charge on any atom is -0.497 e. The number of piperidine rings is 1. The van der Waals surface area contributed by atoms with Crippen LogP contribution in [-0.2, 0) is 9.59 Å². The van der Waals surface area contributed by atoms with Crippen LogP contribution in [0.5, 0.6) is 34.5 Å². The molecule has 2 atom stereocenters. The lowest BCUT2D eigenvalue weighted by molar-refractivity contribution is -0.125. The average molecular weight is 583 g/mol. The highest BCUT2D eigenvalue weighted by atomic mass is 16.5. The van der Waals surface area contributed by atoms with Crippen molar-refractivity contribution in [2.45, 2.75) is 18.9 Å². The van der Waals surface area contributed by atoms with Crippen LogP contribution in [0, 0.1) is 5.92 Å². The summed E-state index contributed by atoms with van der Waals surface area (Å²) in [5.41, 5.74) is 1.93. The van der Waals surface area contributed by atoms with Crippen molar-refractivity contribution in [3.05, 3.63) is 96.6 Å². The molecule has 0 unspecified atom stereocenters. The third-order valence-corrected chi connectivity index (χ3v) is 7.42. The molecule has 4 aromatic rings. The summed E-state index contributed by atoms with van der Waals surface area (Å²) in [6.07, 6.45) is 0.558. The number of carbonyl (C=O) groups is 2. The van der Waals surface area contributed by atoms with E-state index in [2.05, 4.69) is 5.32 Å². The zero-order valence-electron chi connectivity index (χ0n) is 24.5. The lowest BCUT2D eigenvalue weighted by Crippen LogP contribution is -2.47. The molecular weight excluding hydrogens is 548 g/mol. The van der Waals surface area contributed by atoms with E-state index in [1.165, 1.54) is 21.3 Å². The molecule has 0 aliphatic carbocycles. The Kier molecular flexibility index (Phi) is 9.00. The molecule has 1 saturated heterocycles. The Morgan fingerprint density at radius 2 is 1.35 bits per heavy atom. The number of hydrogen-bond acceptors (Lipinski definition) is 7. The van der Waals surface area contributed by atoms with E-state index in [-0.39, 0.29) is 18.2 Å². The van der Waals surface area contributed by atoms with E-state index in [1.54, 1.807) is 48.4 Å². The topological polar surface area (TPSA) is 95.6 Å². The quantitative estimate of drug-likeness (QED) is 0.224. The van der Waals surface area contributed by atoms with Crippen LogP contribution in [-0.4, -0.2) is 40.3 Å². The first-order valence-electron chi connectivity index (χ1n) is 13.9. The molecule has 1 aliphatic heterocycles. The van der Waals surface area contributed by atoms with Crippen LogP contribution in [0.3, 0.4) is 0 Å². The lowest BCUT2D eigenvalue weighted by atomic mass is 9.83. The predicted octanol–water partition coefficient (Wildman–Crippen LogP) is 6.64. The van der Waals surface area contributed by atoms with Crippen molar-refractivity contribution in [2.24, 2.45) is 5.92 Å². The number of ether oxygens (including phenoxy) is 5. The predicted molar refractivity (Wildman–Crippen MR) is 164 cm³/mol. The maximum absolute atomic E-state index is 13.9. The number of benzene rings is 4. The number of carbonyl (C=O) groups excluding carboxylic acids is 2. The van der Waals surface area contributed by atoms with Crippen molar-refractivity contribution in [1.29, 1.82) is 0 Å². The molecule has 2 amide bonds. The molecule has 1 heterocycles. The van der Waals surface area contributed by atoms with Crippen molar-refractivity contribution < 1.29 is 33.3 Å². The van der Waals surface area contributed by atoms with E-state index < -0.39 is 12.0 Å². The Morgan fingerprint density at radius 1 is 0.744 bits per heavy atom. The first kappa shape index (κ1) is 29.3. The van der Waals surface area contributed by atoms with Gasteiger partial charge in [-0.2, -0.15) is 0 Å². The second kappa shape index (κ2) is 13.2. The molecule has 1 fully saturated rings. The van der Waals surface area contributed by atoms with Gasteiger partial charge in [-0.15, -0.1) is 0 Å². The van der Waals surface area contributed by atoms with Crippen LogP contribution in [0.4, 0.5) is 11.4 Å². The average Bonchev–Trinajstić information content (AvgIpc) is 3.05. The maximum atomic E-state index is 13.9. The SMILES string of the molecule is COc1ccc([C@H]2[C@@H](C(=O)Nc3ccc(Oc4ccccc4)cc3)CCC(=O)N2c2cc(OC)c(OC)c(OC)c2)cc1. The molecule has 1 N–H and O–H groups in total. The van der Waals surface area contributed by atoms with E-state index in [0.29, 0.717) is 46.5 Å². The normalized spacial score (nSPS) is 16.3. The highest BCUT2D eigenvalue weighted by Crippen LogP contribution is 2.46. The van der Waals surface area contributed by atoms with E-state index in [4.69, 9.17) is 23.7 Å². The van der Waals surface area contributed by atoms with Crippen molar-refractivity contribution >= 4 is 23.2 Å². The molecule has 9 nitrogen and oxygen atoms in total. The Hall–Kier alpha value is -5.18. The van der Waals surface area contributed by atoms with Gasteiger partial charge in [-0.25, -0.2) is 0 Å². The minimum atomic E-state index is -0.615. The Bertz CT molecular complexity index is 1530. The summed E-state index contributed by atoms with van der Waals surface area (Å²) in [7, 11) is 6.15. The molecule has 1 aliphatic rings. The number of amides is 2. The van der Waals surface area contributed by atoms with Crippen LogP contribution in [0.1, 0.15) is 24.4 Å². The summed E-state index contributed by atoms with van der Waals surface area (Å²) < 4.78 is 27.9. The summed E-state index contributed by atoms with van der Waals surface area (Å²) in [6.45, 7) is 0. The van der Waals surface area contributed by atoms with Crippen LogP contribution in [0.15, 0.2) is 91.0 Å². The fourth-order valence-electron chi connectivity index (χ4n) is 5.33. The van der Waals surface area contributed by atoms with Gasteiger partial charge in [0.15, 0.2) is 11.5 Å². The van der Waals surface area contributed by atoms with Gasteiger partial charge in [0.2, 0.25) is 17.6 Å². The highest BCUT2D eigenvalue weighted by Gasteiger charge is 2.42. The van der Waals surface area contributed by atoms with Crippen molar-refractivity contribution in [3.63, 3.8) is 0 Å². The van der Waals surface area contributed by atoms with E-state index in [1.807, 2.05) is 54.6 Å². The highest BCUT2D eigenvalue weighted by molar-refractivity contribution is 6.00. The van der Waals surface area contributed by atoms with Gasteiger partial charge in [0.05, 0.1) is 46.1 Å². The molecule has 0 spiro atoms. The second-order valence-corrected chi connectivity index (χ2v) is 9.94. The third-order valence-electron chi connectivity index (χ3n) is 7.42. The molecule has 0 aromatic heterocycles. The molecule has 0 bridgehead atoms. The van der Waals surface area contributed by atoms with Crippen molar-refractivity contribution in [3.8, 4) is 34.5 Å². The first-order valence-corrected chi connectivity index (χ1v) is 13.9. The Morgan fingerprint density at radius 3 is 1.93 bits per heavy atom. The molecule has 9 heteroatoms. The van der Waals surface area contributed by atoms with Gasteiger partial charge in [-0.1, -0.05) is 30.3 Å². The van der Waals surface area contributed by atoms with E-state index >= 15 is 0 Å². The van der Waals surface area contributed by atoms with Gasteiger partial charge in [0.1, 0.15) is 17.2 Å². The Labute approximate surface area is 250 Å². The fraction of sp³-hybridized carbons (Fsp3) is 0.235. The summed E-state index contributed by atoms with van der Waals surface area (Å²) in [5.74, 6) is 2.37. The smallest absolute Gasteiger partial charge is 0.229 e. The van der Waals surface area contributed by atoms with Gasteiger partial charge in [-0.05, 0) is 60.5 Å². The van der Waals surface area contributed by atoms with E-state index in [9.17, 15) is 9.59 Å². The van der Waals surface area contributed by atoms with Crippen molar-refractivity contribution in [1.82, 2.24) is 0 Å². The van der Waals surface area contributed by atoms with Gasteiger partial charge < -0.3 is 33.9 Å². The largest absolute Gasteiger partial charge is 0.497 e. The maximum Gasteiger partial charge on any atom is 0.229 e. The van der Waals surface area contributed by atoms with Gasteiger partial charge in [0, 0.05) is 24.2 Å². The Balaban J connectivity index is 1.48. The first-order chi connectivity index (χ1) is 20.9. The summed E-state index contributed by atoms with van der Waals surface area (Å²) in [6, 6.07) is 26.9. The number of hydrogen-bond donors (Lipinski definition) is 1. The summed E-state index contributed by atoms with van der Waals surface area (Å²) >= 11 is 0. The minimum absolute atomic E-state index is 0.124. The van der Waals surface area contributed by atoms with Crippen LogP contribution >= 0.6 is 0 Å². The number of para-hydroxylation sites is 1. The fourth-order valence-corrected chi connectivity index (χ4v) is 5.33. The van der Waals surface area contributed by atoms with Crippen LogP contribution in [0.2, 0.25) is 0 Å². The molecule has 222 valence electrons. The monoisotopic (exact) mass is 582 g/mol. The van der Waals surface area contributed by atoms with Gasteiger partial charge >= 0.3 is 0 Å². The molecular formula is C34H34N2O7. The zero-order valence-corrected chi connectivity index (χ0v) is 24.5. The zero-order chi connectivity index (χ0) is 30.3. The second-order valence-electron chi connectivity index (χ2n) is 9.94. The third kappa shape index (κ3) is 6.35. The molecule has 5 rings (SSSR count). The molecule has 0 saturated carbocycles. The molecule has 43 heavy (non-hydrogen) atoms. The van der Waals surface area contributed by atoms with Crippen LogP contribution < -0.4 is 33.9 Å². The number of nitrogens with zero attached hydrogens (tertiary/aromatic N) is 1. The van der Waals surface area contributed by atoms with E-state index in [0.717, 1.165) is 11.3 Å².